The Kier molecular flexibility index (Phi) is 5.77. The van der Waals surface area contributed by atoms with Gasteiger partial charge in [0.15, 0.2) is 10.9 Å². The number of sulfonamides is 1. The third-order valence-electron chi connectivity index (χ3n) is 4.39. The van der Waals surface area contributed by atoms with Gasteiger partial charge in [0.05, 0.1) is 11.3 Å². The standard InChI is InChI=1S/C21H13F4N5O2S/c22-16-7-3-8-18(28-16)33(31,32)30-17-10-9-15(21(23,24)25)19(29-17)13-5-1-2-6-14(13)20-26-11-4-12-27-20/h1-12H,(H,29,30). The van der Waals surface area contributed by atoms with Gasteiger partial charge in [0.1, 0.15) is 5.82 Å². The molecule has 0 amide bonds. The van der Waals surface area contributed by atoms with Crippen LogP contribution in [0.25, 0.3) is 22.6 Å². The second kappa shape index (κ2) is 8.54. The molecule has 7 nitrogen and oxygen atoms in total. The molecule has 0 aliphatic carbocycles. The minimum absolute atomic E-state index is 0.0425. The number of rotatable bonds is 5. The van der Waals surface area contributed by atoms with E-state index in [0.717, 1.165) is 24.3 Å². The smallest absolute Gasteiger partial charge is 0.262 e. The van der Waals surface area contributed by atoms with Crippen LogP contribution in [0.2, 0.25) is 0 Å². The van der Waals surface area contributed by atoms with E-state index in [4.69, 9.17) is 0 Å². The van der Waals surface area contributed by atoms with Crippen LogP contribution in [0.5, 0.6) is 0 Å². The lowest BCUT2D eigenvalue weighted by Crippen LogP contribution is -2.17. The molecule has 0 saturated heterocycles. The van der Waals surface area contributed by atoms with Gasteiger partial charge < -0.3 is 0 Å². The van der Waals surface area contributed by atoms with E-state index in [1.807, 2.05) is 4.72 Å². The third kappa shape index (κ3) is 4.80. The zero-order valence-corrected chi connectivity index (χ0v) is 17.3. The maximum atomic E-state index is 13.8. The van der Waals surface area contributed by atoms with Crippen LogP contribution in [-0.4, -0.2) is 28.4 Å². The van der Waals surface area contributed by atoms with Crippen molar-refractivity contribution in [3.63, 3.8) is 0 Å². The molecule has 0 fully saturated rings. The van der Waals surface area contributed by atoms with E-state index in [9.17, 15) is 26.0 Å². The molecule has 3 aromatic heterocycles. The highest BCUT2D eigenvalue weighted by atomic mass is 32.2. The Bertz CT molecular complexity index is 1410. The highest BCUT2D eigenvalue weighted by Gasteiger charge is 2.35. The third-order valence-corrected chi connectivity index (χ3v) is 5.65. The average Bonchev–Trinajstić information content (AvgIpc) is 2.79. The SMILES string of the molecule is O=S(=O)(Nc1ccc(C(F)(F)F)c(-c2ccccc2-c2ncccn2)n1)c1cccc(F)n1. The molecule has 1 N–H and O–H groups in total. The highest BCUT2D eigenvalue weighted by molar-refractivity contribution is 7.92. The van der Waals surface area contributed by atoms with Crippen LogP contribution in [0, 0.1) is 5.95 Å². The maximum absolute atomic E-state index is 13.8. The molecule has 3 heterocycles. The van der Waals surface area contributed by atoms with Gasteiger partial charge in [-0.1, -0.05) is 30.3 Å². The normalized spacial score (nSPS) is 11.9. The lowest BCUT2D eigenvalue weighted by atomic mass is 9.99. The van der Waals surface area contributed by atoms with Crippen LogP contribution in [-0.2, 0) is 16.2 Å². The molecule has 0 aliphatic rings. The van der Waals surface area contributed by atoms with E-state index in [2.05, 4.69) is 19.9 Å². The Balaban J connectivity index is 1.85. The molecular weight excluding hydrogens is 462 g/mol. The Hall–Kier alpha value is -3.93. The van der Waals surface area contributed by atoms with Crippen LogP contribution in [0.15, 0.2) is 78.1 Å². The van der Waals surface area contributed by atoms with Gasteiger partial charge in [0.25, 0.3) is 10.0 Å². The second-order valence-electron chi connectivity index (χ2n) is 6.61. The molecule has 0 atom stereocenters. The summed E-state index contributed by atoms with van der Waals surface area (Å²) >= 11 is 0. The van der Waals surface area contributed by atoms with Gasteiger partial charge in [0.2, 0.25) is 5.95 Å². The van der Waals surface area contributed by atoms with Crippen LogP contribution in [0.4, 0.5) is 23.4 Å². The quantitative estimate of drug-likeness (QED) is 0.336. The number of halogens is 4. The first-order chi connectivity index (χ1) is 15.6. The molecule has 0 saturated carbocycles. The number of aromatic nitrogens is 4. The van der Waals surface area contributed by atoms with E-state index >= 15 is 0 Å². The van der Waals surface area contributed by atoms with Gasteiger partial charge in [-0.3, -0.25) is 4.72 Å². The maximum Gasteiger partial charge on any atom is 0.418 e. The zero-order valence-electron chi connectivity index (χ0n) is 16.5. The van der Waals surface area contributed by atoms with E-state index in [1.54, 1.807) is 12.1 Å². The van der Waals surface area contributed by atoms with Gasteiger partial charge in [0, 0.05) is 23.5 Å². The van der Waals surface area contributed by atoms with Crippen LogP contribution in [0.3, 0.4) is 0 Å². The number of alkyl halides is 3. The number of anilines is 1. The van der Waals surface area contributed by atoms with E-state index in [0.29, 0.717) is 6.07 Å². The molecule has 33 heavy (non-hydrogen) atoms. The van der Waals surface area contributed by atoms with Gasteiger partial charge in [-0.15, -0.1) is 0 Å². The predicted molar refractivity (Wildman–Crippen MR) is 111 cm³/mol. The van der Waals surface area contributed by atoms with Crippen molar-refractivity contribution in [2.24, 2.45) is 0 Å². The van der Waals surface area contributed by atoms with Crippen molar-refractivity contribution in [1.82, 2.24) is 19.9 Å². The fourth-order valence-corrected chi connectivity index (χ4v) is 3.96. The number of benzene rings is 1. The topological polar surface area (TPSA) is 97.7 Å². The number of hydrogen-bond donors (Lipinski definition) is 1. The summed E-state index contributed by atoms with van der Waals surface area (Å²) < 4.78 is 81.9. The summed E-state index contributed by atoms with van der Waals surface area (Å²) in [5, 5.41) is -0.649. The first-order valence-electron chi connectivity index (χ1n) is 9.25. The molecule has 4 aromatic rings. The molecule has 0 aliphatic heterocycles. The minimum atomic E-state index is -4.78. The molecule has 168 valence electrons. The molecule has 0 bridgehead atoms. The fourth-order valence-electron chi connectivity index (χ4n) is 3.00. The molecule has 0 unspecified atom stereocenters. The van der Waals surface area contributed by atoms with Gasteiger partial charge >= 0.3 is 6.18 Å². The Labute approximate surface area is 185 Å². The molecule has 0 spiro atoms. The summed E-state index contributed by atoms with van der Waals surface area (Å²) in [6.45, 7) is 0. The van der Waals surface area contributed by atoms with Crippen molar-refractivity contribution in [2.75, 3.05) is 4.72 Å². The van der Waals surface area contributed by atoms with E-state index in [-0.39, 0.29) is 17.0 Å². The summed E-state index contributed by atoms with van der Waals surface area (Å²) in [6, 6.07) is 12.3. The Morgan fingerprint density at radius 2 is 1.48 bits per heavy atom. The highest BCUT2D eigenvalue weighted by Crippen LogP contribution is 2.39. The lowest BCUT2D eigenvalue weighted by Gasteiger charge is -2.16. The largest absolute Gasteiger partial charge is 0.418 e. The van der Waals surface area contributed by atoms with Gasteiger partial charge in [-0.05, 0) is 30.3 Å². The summed E-state index contributed by atoms with van der Waals surface area (Å²) in [6.07, 6.45) is -1.91. The summed E-state index contributed by atoms with van der Waals surface area (Å²) in [4.78, 5) is 15.4. The Morgan fingerprint density at radius 1 is 0.788 bits per heavy atom. The first-order valence-corrected chi connectivity index (χ1v) is 10.7. The van der Waals surface area contributed by atoms with Crippen LogP contribution in [0.1, 0.15) is 5.56 Å². The van der Waals surface area contributed by atoms with Crippen molar-refractivity contribution in [3.8, 4) is 22.6 Å². The number of pyridine rings is 2. The average molecular weight is 475 g/mol. The predicted octanol–water partition coefficient (Wildman–Crippen LogP) is 4.56. The van der Waals surface area contributed by atoms with Crippen molar-refractivity contribution in [2.45, 2.75) is 11.2 Å². The fraction of sp³-hybridized carbons (Fsp3) is 0.0476. The van der Waals surface area contributed by atoms with Gasteiger partial charge in [-0.2, -0.15) is 26.0 Å². The molecule has 0 radical (unpaired) electrons. The summed E-state index contributed by atoms with van der Waals surface area (Å²) in [5.41, 5.74) is -1.31. The lowest BCUT2D eigenvalue weighted by molar-refractivity contribution is -0.137. The number of hydrogen-bond acceptors (Lipinski definition) is 6. The number of nitrogens with zero attached hydrogens (tertiary/aromatic N) is 4. The van der Waals surface area contributed by atoms with Crippen LogP contribution >= 0.6 is 0 Å². The molecule has 1 aromatic carbocycles. The first kappa shape index (κ1) is 22.3. The van der Waals surface area contributed by atoms with Crippen molar-refractivity contribution in [3.05, 3.63) is 84.6 Å². The minimum Gasteiger partial charge on any atom is -0.262 e. The van der Waals surface area contributed by atoms with Gasteiger partial charge in [-0.25, -0.2) is 19.9 Å². The Morgan fingerprint density at radius 3 is 2.15 bits per heavy atom. The van der Waals surface area contributed by atoms with Crippen molar-refractivity contribution >= 4 is 15.8 Å². The van der Waals surface area contributed by atoms with E-state index < -0.39 is 44.2 Å². The van der Waals surface area contributed by atoms with Crippen molar-refractivity contribution in [1.29, 1.82) is 0 Å². The second-order valence-corrected chi connectivity index (χ2v) is 8.24. The molecule has 4 rings (SSSR count). The molecule has 12 heteroatoms. The monoisotopic (exact) mass is 475 g/mol. The number of nitrogens with one attached hydrogen (secondary N) is 1. The van der Waals surface area contributed by atoms with E-state index in [1.165, 1.54) is 30.6 Å². The zero-order chi connectivity index (χ0) is 23.6. The summed E-state index contributed by atoms with van der Waals surface area (Å²) in [5.74, 6) is -1.28. The van der Waals surface area contributed by atoms with Crippen molar-refractivity contribution < 1.29 is 26.0 Å². The van der Waals surface area contributed by atoms with Crippen LogP contribution < -0.4 is 4.72 Å². The summed E-state index contributed by atoms with van der Waals surface area (Å²) in [7, 11) is -4.41. The molecular formula is C21H13F4N5O2S.